The molecule has 1 atom stereocenters. The molecule has 5 heteroatoms. The molecular weight excluding hydrogens is 242 g/mol. The third-order valence-electron chi connectivity index (χ3n) is 3.19. The van der Waals surface area contributed by atoms with Gasteiger partial charge in [0, 0.05) is 0 Å². The van der Waals surface area contributed by atoms with Gasteiger partial charge in [-0.2, -0.15) is 0 Å². The van der Waals surface area contributed by atoms with E-state index in [1.54, 1.807) is 10.9 Å². The Kier molecular flexibility index (Phi) is 4.16. The van der Waals surface area contributed by atoms with Gasteiger partial charge >= 0.3 is 0 Å². The highest BCUT2D eigenvalue weighted by atomic mass is 16.3. The molecule has 5 nitrogen and oxygen atoms in total. The quantitative estimate of drug-likeness (QED) is 0.849. The molecule has 102 valence electrons. The summed E-state index contributed by atoms with van der Waals surface area (Å²) in [5.41, 5.74) is 1.81. The zero-order chi connectivity index (χ0) is 13.8. The van der Waals surface area contributed by atoms with Crippen LogP contribution in [0.2, 0.25) is 0 Å². The van der Waals surface area contributed by atoms with E-state index in [0.717, 1.165) is 11.0 Å². The first-order chi connectivity index (χ1) is 9.11. The van der Waals surface area contributed by atoms with Crippen LogP contribution in [0, 0.1) is 5.92 Å². The van der Waals surface area contributed by atoms with Crippen molar-refractivity contribution >= 4 is 16.9 Å². The number of aromatic nitrogens is 2. The molecule has 19 heavy (non-hydrogen) atoms. The average molecular weight is 261 g/mol. The number of nitrogens with one attached hydrogen (secondary N) is 1. The fraction of sp³-hybridized carbons (Fsp3) is 0.429. The molecule has 0 aliphatic carbocycles. The van der Waals surface area contributed by atoms with E-state index >= 15 is 0 Å². The number of nitrogens with zero attached hydrogens (tertiary/aromatic N) is 2. The second-order valence-electron chi connectivity index (χ2n) is 4.96. The molecule has 0 bridgehead atoms. The van der Waals surface area contributed by atoms with Crippen LogP contribution < -0.4 is 5.32 Å². The maximum Gasteiger partial charge on any atom is 0.240 e. The Labute approximate surface area is 112 Å². The number of benzene rings is 1. The lowest BCUT2D eigenvalue weighted by Crippen LogP contribution is -2.42. The van der Waals surface area contributed by atoms with E-state index in [4.69, 9.17) is 0 Å². The van der Waals surface area contributed by atoms with Crippen molar-refractivity contribution in [2.75, 3.05) is 6.61 Å². The van der Waals surface area contributed by atoms with Gasteiger partial charge in [-0.15, -0.1) is 0 Å². The minimum atomic E-state index is -0.206. The van der Waals surface area contributed by atoms with Crippen molar-refractivity contribution in [1.29, 1.82) is 0 Å². The minimum Gasteiger partial charge on any atom is -0.394 e. The highest BCUT2D eigenvalue weighted by Crippen LogP contribution is 2.11. The normalized spacial score (nSPS) is 12.8. The molecule has 0 saturated heterocycles. The third kappa shape index (κ3) is 3.12. The molecule has 0 fully saturated rings. The van der Waals surface area contributed by atoms with Crippen LogP contribution in [-0.2, 0) is 11.3 Å². The van der Waals surface area contributed by atoms with Gasteiger partial charge in [0.15, 0.2) is 0 Å². The Hall–Kier alpha value is -1.88. The van der Waals surface area contributed by atoms with E-state index in [1.807, 2.05) is 38.1 Å². The van der Waals surface area contributed by atoms with Gasteiger partial charge in [-0.1, -0.05) is 26.0 Å². The van der Waals surface area contributed by atoms with Gasteiger partial charge in [0.25, 0.3) is 0 Å². The molecule has 0 spiro atoms. The first-order valence-corrected chi connectivity index (χ1v) is 6.42. The predicted molar refractivity (Wildman–Crippen MR) is 73.6 cm³/mol. The van der Waals surface area contributed by atoms with Crippen LogP contribution in [0.25, 0.3) is 11.0 Å². The van der Waals surface area contributed by atoms with Crippen LogP contribution in [0.3, 0.4) is 0 Å². The summed E-state index contributed by atoms with van der Waals surface area (Å²) in [5, 5.41) is 12.0. The number of carbonyl (C=O) groups excluding carboxylic acids is 1. The topological polar surface area (TPSA) is 67.2 Å². The zero-order valence-electron chi connectivity index (χ0n) is 11.2. The van der Waals surface area contributed by atoms with Gasteiger partial charge in [-0.05, 0) is 18.1 Å². The molecule has 2 rings (SSSR count). The third-order valence-corrected chi connectivity index (χ3v) is 3.19. The Morgan fingerprint density at radius 2 is 2.16 bits per heavy atom. The number of rotatable bonds is 5. The molecule has 0 radical (unpaired) electrons. The van der Waals surface area contributed by atoms with Crippen molar-refractivity contribution < 1.29 is 9.90 Å². The Morgan fingerprint density at radius 1 is 1.42 bits per heavy atom. The smallest absolute Gasteiger partial charge is 0.240 e. The molecule has 0 saturated carbocycles. The van der Waals surface area contributed by atoms with Crippen LogP contribution in [0.4, 0.5) is 0 Å². The lowest BCUT2D eigenvalue weighted by molar-refractivity contribution is -0.123. The van der Waals surface area contributed by atoms with E-state index in [-0.39, 0.29) is 31.0 Å². The molecule has 0 aliphatic heterocycles. The first-order valence-electron chi connectivity index (χ1n) is 6.42. The van der Waals surface area contributed by atoms with Crippen molar-refractivity contribution in [2.45, 2.75) is 26.4 Å². The molecule has 1 aromatic carbocycles. The van der Waals surface area contributed by atoms with Crippen LogP contribution in [0.15, 0.2) is 30.6 Å². The molecule has 2 N–H and O–H groups in total. The zero-order valence-corrected chi connectivity index (χ0v) is 11.2. The summed E-state index contributed by atoms with van der Waals surface area (Å²) >= 11 is 0. The highest BCUT2D eigenvalue weighted by molar-refractivity contribution is 5.80. The second-order valence-corrected chi connectivity index (χ2v) is 4.96. The molecule has 2 aromatic rings. The Bertz CT molecular complexity index is 563. The SMILES string of the molecule is CC(C)C(CO)NC(=O)Cn1cnc2ccccc21. The lowest BCUT2D eigenvalue weighted by atomic mass is 10.1. The summed E-state index contributed by atoms with van der Waals surface area (Å²) < 4.78 is 1.80. The van der Waals surface area contributed by atoms with E-state index in [2.05, 4.69) is 10.3 Å². The van der Waals surface area contributed by atoms with Crippen molar-refractivity contribution in [3.8, 4) is 0 Å². The second kappa shape index (κ2) is 5.84. The predicted octanol–water partition coefficient (Wildman–Crippen LogP) is 1.17. The van der Waals surface area contributed by atoms with E-state index in [9.17, 15) is 9.90 Å². The van der Waals surface area contributed by atoms with Crippen LogP contribution in [-0.4, -0.2) is 33.2 Å². The molecule has 1 heterocycles. The van der Waals surface area contributed by atoms with E-state index in [0.29, 0.717) is 0 Å². The van der Waals surface area contributed by atoms with Gasteiger partial charge in [0.2, 0.25) is 5.91 Å². The van der Waals surface area contributed by atoms with E-state index in [1.165, 1.54) is 0 Å². The molecule has 1 unspecified atom stereocenters. The van der Waals surface area contributed by atoms with Gasteiger partial charge in [0.1, 0.15) is 6.54 Å². The van der Waals surface area contributed by atoms with Crippen LogP contribution in [0.5, 0.6) is 0 Å². The fourth-order valence-corrected chi connectivity index (χ4v) is 1.97. The Balaban J connectivity index is 2.06. The average Bonchev–Trinajstić information content (AvgIpc) is 2.79. The van der Waals surface area contributed by atoms with Crippen LogP contribution >= 0.6 is 0 Å². The summed E-state index contributed by atoms with van der Waals surface area (Å²) in [6, 6.07) is 7.47. The number of imidazole rings is 1. The first kappa shape index (κ1) is 13.5. The van der Waals surface area contributed by atoms with Gasteiger partial charge in [-0.25, -0.2) is 4.98 Å². The van der Waals surface area contributed by atoms with Gasteiger partial charge < -0.3 is 15.0 Å². The number of aliphatic hydroxyl groups excluding tert-OH is 1. The standard InChI is InChI=1S/C14H19N3O2/c1-10(2)12(8-18)16-14(19)7-17-9-15-11-5-3-4-6-13(11)17/h3-6,9-10,12,18H,7-8H2,1-2H3,(H,16,19). The minimum absolute atomic E-state index is 0.0475. The molecule has 1 aromatic heterocycles. The fourth-order valence-electron chi connectivity index (χ4n) is 1.97. The number of hydrogen-bond donors (Lipinski definition) is 2. The monoisotopic (exact) mass is 261 g/mol. The molecule has 1 amide bonds. The lowest BCUT2D eigenvalue weighted by Gasteiger charge is -2.20. The largest absolute Gasteiger partial charge is 0.394 e. The highest BCUT2D eigenvalue weighted by Gasteiger charge is 2.15. The number of aliphatic hydroxyl groups is 1. The Morgan fingerprint density at radius 3 is 2.84 bits per heavy atom. The summed E-state index contributed by atoms with van der Waals surface area (Å²) in [4.78, 5) is 16.2. The number of hydrogen-bond acceptors (Lipinski definition) is 3. The maximum absolute atomic E-state index is 12.0. The number of para-hydroxylation sites is 2. The van der Waals surface area contributed by atoms with Gasteiger partial charge in [0.05, 0.1) is 30.0 Å². The summed E-state index contributed by atoms with van der Waals surface area (Å²) in [5.74, 6) is 0.0874. The maximum atomic E-state index is 12.0. The number of fused-ring (bicyclic) bond motifs is 1. The van der Waals surface area contributed by atoms with Crippen LogP contribution in [0.1, 0.15) is 13.8 Å². The number of carbonyl (C=O) groups is 1. The molecule has 0 aliphatic rings. The summed E-state index contributed by atoms with van der Waals surface area (Å²) in [7, 11) is 0. The van der Waals surface area contributed by atoms with E-state index < -0.39 is 0 Å². The van der Waals surface area contributed by atoms with Crippen molar-refractivity contribution in [3.05, 3.63) is 30.6 Å². The summed E-state index contributed by atoms with van der Waals surface area (Å²) in [6.45, 7) is 4.10. The van der Waals surface area contributed by atoms with Crippen molar-refractivity contribution in [2.24, 2.45) is 5.92 Å². The van der Waals surface area contributed by atoms with Gasteiger partial charge in [-0.3, -0.25) is 4.79 Å². The van der Waals surface area contributed by atoms with Crippen molar-refractivity contribution in [3.63, 3.8) is 0 Å². The molecular formula is C14H19N3O2. The summed E-state index contributed by atoms with van der Waals surface area (Å²) in [6.07, 6.45) is 1.66. The number of amides is 1. The van der Waals surface area contributed by atoms with Crippen molar-refractivity contribution in [1.82, 2.24) is 14.9 Å².